The molecule has 0 saturated carbocycles. The van der Waals surface area contributed by atoms with Crippen LogP contribution in [0.25, 0.3) is 10.8 Å². The molecule has 0 bridgehead atoms. The molecule has 3 heteroatoms. The number of hydrogen-bond acceptors (Lipinski definition) is 3. The highest BCUT2D eigenvalue weighted by atomic mass is 16.5. The van der Waals surface area contributed by atoms with E-state index in [1.165, 1.54) is 21.9 Å². The van der Waals surface area contributed by atoms with E-state index in [2.05, 4.69) is 49.3 Å². The molecule has 0 aliphatic carbocycles. The molecule has 106 valence electrons. The maximum absolute atomic E-state index is 5.63. The van der Waals surface area contributed by atoms with Gasteiger partial charge in [-0.15, -0.1) is 0 Å². The van der Waals surface area contributed by atoms with Crippen LogP contribution in [-0.2, 0) is 10.2 Å². The second-order valence-electron chi connectivity index (χ2n) is 6.49. The zero-order valence-electron chi connectivity index (χ0n) is 12.4. The number of fused-ring (bicyclic) bond motifs is 1. The highest BCUT2D eigenvalue weighted by Crippen LogP contribution is 2.32. The number of nitrogens with zero attached hydrogens (tertiary/aromatic N) is 1. The van der Waals surface area contributed by atoms with Crippen LogP contribution in [0.4, 0.5) is 0 Å². The summed E-state index contributed by atoms with van der Waals surface area (Å²) in [7, 11) is 0. The highest BCUT2D eigenvalue weighted by molar-refractivity contribution is 5.86. The lowest BCUT2D eigenvalue weighted by Gasteiger charge is -2.28. The van der Waals surface area contributed by atoms with E-state index in [0.29, 0.717) is 0 Å². The molecule has 1 aromatic heterocycles. The van der Waals surface area contributed by atoms with Crippen LogP contribution in [0.1, 0.15) is 37.9 Å². The van der Waals surface area contributed by atoms with Gasteiger partial charge in [0, 0.05) is 24.3 Å². The van der Waals surface area contributed by atoms with E-state index < -0.39 is 0 Å². The van der Waals surface area contributed by atoms with Crippen molar-refractivity contribution in [3.05, 3.63) is 41.7 Å². The van der Waals surface area contributed by atoms with E-state index >= 15 is 0 Å². The molecule has 1 saturated heterocycles. The Bertz CT molecular complexity index is 610. The Morgan fingerprint density at radius 2 is 2.15 bits per heavy atom. The first-order valence-corrected chi connectivity index (χ1v) is 7.25. The van der Waals surface area contributed by atoms with Crippen molar-refractivity contribution >= 4 is 10.8 Å². The molecule has 1 aliphatic heterocycles. The van der Waals surface area contributed by atoms with Crippen LogP contribution in [0.3, 0.4) is 0 Å². The lowest BCUT2D eigenvalue weighted by molar-refractivity contribution is 0.0772. The molecule has 3 nitrogen and oxygen atoms in total. The van der Waals surface area contributed by atoms with E-state index in [9.17, 15) is 0 Å². The SMILES string of the molecule is CC(C)(C)c1cc(C2COCCN2)c2cnccc2c1. The Morgan fingerprint density at radius 3 is 2.85 bits per heavy atom. The average molecular weight is 270 g/mol. The second-order valence-corrected chi connectivity index (χ2v) is 6.49. The largest absolute Gasteiger partial charge is 0.378 e. The van der Waals surface area contributed by atoms with Crippen LogP contribution < -0.4 is 5.32 Å². The summed E-state index contributed by atoms with van der Waals surface area (Å²) in [6.45, 7) is 9.20. The Hall–Kier alpha value is -1.45. The lowest BCUT2D eigenvalue weighted by atomic mass is 9.83. The Morgan fingerprint density at radius 1 is 1.30 bits per heavy atom. The fourth-order valence-electron chi connectivity index (χ4n) is 2.71. The van der Waals surface area contributed by atoms with Gasteiger partial charge in [0.25, 0.3) is 0 Å². The van der Waals surface area contributed by atoms with Gasteiger partial charge in [-0.05, 0) is 28.0 Å². The van der Waals surface area contributed by atoms with Crippen molar-refractivity contribution in [2.24, 2.45) is 0 Å². The third-order valence-corrected chi connectivity index (χ3v) is 3.95. The molecule has 1 fully saturated rings. The number of pyridine rings is 1. The number of morpholine rings is 1. The van der Waals surface area contributed by atoms with E-state index in [1.54, 1.807) is 0 Å². The molecule has 1 unspecified atom stereocenters. The van der Waals surface area contributed by atoms with E-state index in [-0.39, 0.29) is 11.5 Å². The predicted molar refractivity (Wildman–Crippen MR) is 82.0 cm³/mol. The molecule has 1 N–H and O–H groups in total. The summed E-state index contributed by atoms with van der Waals surface area (Å²) in [5, 5.41) is 6.04. The van der Waals surface area contributed by atoms with Crippen molar-refractivity contribution in [2.45, 2.75) is 32.2 Å². The summed E-state index contributed by atoms with van der Waals surface area (Å²) in [6.07, 6.45) is 3.83. The summed E-state index contributed by atoms with van der Waals surface area (Å²) in [5.41, 5.74) is 2.81. The van der Waals surface area contributed by atoms with Gasteiger partial charge < -0.3 is 10.1 Å². The molecule has 0 spiro atoms. The minimum Gasteiger partial charge on any atom is -0.378 e. The smallest absolute Gasteiger partial charge is 0.0662 e. The molecule has 0 radical (unpaired) electrons. The van der Waals surface area contributed by atoms with Gasteiger partial charge in [0.15, 0.2) is 0 Å². The number of nitrogens with one attached hydrogen (secondary N) is 1. The van der Waals surface area contributed by atoms with Crippen molar-refractivity contribution in [3.8, 4) is 0 Å². The zero-order chi connectivity index (χ0) is 14.2. The lowest BCUT2D eigenvalue weighted by Crippen LogP contribution is -2.34. The minimum atomic E-state index is 0.141. The monoisotopic (exact) mass is 270 g/mol. The van der Waals surface area contributed by atoms with Crippen molar-refractivity contribution in [1.82, 2.24) is 10.3 Å². The number of rotatable bonds is 1. The fourth-order valence-corrected chi connectivity index (χ4v) is 2.71. The van der Waals surface area contributed by atoms with Crippen molar-refractivity contribution in [1.29, 1.82) is 0 Å². The molecule has 1 atom stereocenters. The van der Waals surface area contributed by atoms with Gasteiger partial charge in [-0.1, -0.05) is 32.9 Å². The van der Waals surface area contributed by atoms with Crippen molar-refractivity contribution < 1.29 is 4.74 Å². The quantitative estimate of drug-likeness (QED) is 0.864. The first kappa shape index (κ1) is 13.5. The Balaban J connectivity index is 2.16. The molecular formula is C17H22N2O. The Kier molecular flexibility index (Phi) is 3.48. The summed E-state index contributed by atoms with van der Waals surface area (Å²) in [6, 6.07) is 6.95. The van der Waals surface area contributed by atoms with Crippen molar-refractivity contribution in [3.63, 3.8) is 0 Å². The minimum absolute atomic E-state index is 0.141. The number of hydrogen-bond donors (Lipinski definition) is 1. The van der Waals surface area contributed by atoms with Crippen LogP contribution in [0, 0.1) is 0 Å². The fraction of sp³-hybridized carbons (Fsp3) is 0.471. The first-order chi connectivity index (χ1) is 9.55. The van der Waals surface area contributed by atoms with Gasteiger partial charge in [0.2, 0.25) is 0 Å². The van der Waals surface area contributed by atoms with Crippen LogP contribution in [0.15, 0.2) is 30.6 Å². The maximum atomic E-state index is 5.63. The third kappa shape index (κ3) is 2.56. The molecule has 2 heterocycles. The molecule has 1 aliphatic rings. The topological polar surface area (TPSA) is 34.1 Å². The van der Waals surface area contributed by atoms with E-state index in [1.807, 2.05) is 12.4 Å². The summed E-state index contributed by atoms with van der Waals surface area (Å²) in [4.78, 5) is 4.29. The van der Waals surface area contributed by atoms with Crippen molar-refractivity contribution in [2.75, 3.05) is 19.8 Å². The zero-order valence-corrected chi connectivity index (χ0v) is 12.4. The van der Waals surface area contributed by atoms with Crippen LogP contribution >= 0.6 is 0 Å². The number of aromatic nitrogens is 1. The van der Waals surface area contributed by atoms with Gasteiger partial charge in [0.05, 0.1) is 19.3 Å². The van der Waals surface area contributed by atoms with Gasteiger partial charge in [-0.25, -0.2) is 0 Å². The number of ether oxygens (including phenoxy) is 1. The molecular weight excluding hydrogens is 248 g/mol. The molecule has 0 amide bonds. The third-order valence-electron chi connectivity index (χ3n) is 3.95. The Labute approximate surface area is 120 Å². The van der Waals surface area contributed by atoms with E-state index in [0.717, 1.165) is 19.8 Å². The summed E-state index contributed by atoms with van der Waals surface area (Å²) < 4.78 is 5.63. The summed E-state index contributed by atoms with van der Waals surface area (Å²) >= 11 is 0. The van der Waals surface area contributed by atoms with Gasteiger partial charge >= 0.3 is 0 Å². The highest BCUT2D eigenvalue weighted by Gasteiger charge is 2.21. The van der Waals surface area contributed by atoms with Crippen LogP contribution in [0.5, 0.6) is 0 Å². The van der Waals surface area contributed by atoms with Crippen LogP contribution in [0.2, 0.25) is 0 Å². The maximum Gasteiger partial charge on any atom is 0.0662 e. The van der Waals surface area contributed by atoms with Crippen LogP contribution in [-0.4, -0.2) is 24.7 Å². The standard InChI is InChI=1S/C17H22N2O/c1-17(2,3)13-8-12-4-5-18-10-15(12)14(9-13)16-11-20-7-6-19-16/h4-5,8-10,16,19H,6-7,11H2,1-3H3. The van der Waals surface area contributed by atoms with E-state index in [4.69, 9.17) is 4.74 Å². The van der Waals surface area contributed by atoms with Gasteiger partial charge in [0.1, 0.15) is 0 Å². The van der Waals surface area contributed by atoms with Gasteiger partial charge in [-0.3, -0.25) is 4.98 Å². The number of benzene rings is 1. The molecule has 2 aromatic rings. The second kappa shape index (κ2) is 5.15. The molecule has 3 rings (SSSR count). The van der Waals surface area contributed by atoms with Gasteiger partial charge in [-0.2, -0.15) is 0 Å². The molecule has 1 aromatic carbocycles. The normalized spacial score (nSPS) is 20.2. The average Bonchev–Trinajstić information content (AvgIpc) is 2.46. The summed E-state index contributed by atoms with van der Waals surface area (Å²) in [5.74, 6) is 0. The molecule has 20 heavy (non-hydrogen) atoms. The first-order valence-electron chi connectivity index (χ1n) is 7.25. The predicted octanol–water partition coefficient (Wildman–Crippen LogP) is 3.19.